The molecule has 1 saturated carbocycles. The van der Waals surface area contributed by atoms with Crippen molar-refractivity contribution in [1.82, 2.24) is 5.32 Å². The third-order valence-electron chi connectivity index (χ3n) is 3.97. The maximum Gasteiger partial charge on any atom is 0.173 e. The van der Waals surface area contributed by atoms with Gasteiger partial charge < -0.3 is 26.1 Å². The molecule has 1 aromatic carbocycles. The molecule has 0 saturated heterocycles. The number of amidine groups is 1. The third kappa shape index (κ3) is 3.86. The van der Waals surface area contributed by atoms with Gasteiger partial charge in [0.2, 0.25) is 0 Å². The molecule has 1 aromatic rings. The van der Waals surface area contributed by atoms with Gasteiger partial charge in [0.25, 0.3) is 0 Å². The predicted molar refractivity (Wildman–Crippen MR) is 80.6 cm³/mol. The van der Waals surface area contributed by atoms with Crippen LogP contribution >= 0.6 is 0 Å². The van der Waals surface area contributed by atoms with E-state index < -0.39 is 5.60 Å². The quantitative estimate of drug-likeness (QED) is 0.273. The standard InChI is InChI=1S/C15H23N3O3/c1-21-13-8-11(4-5-12(13)14(16)18-20)9-17-10-15(19)6-2-3-7-15/h4-5,8,17,19-20H,2-3,6-7,9-10H2,1H3,(H2,16,18). The Morgan fingerprint density at radius 3 is 2.76 bits per heavy atom. The van der Waals surface area contributed by atoms with E-state index in [0.717, 1.165) is 31.2 Å². The van der Waals surface area contributed by atoms with Gasteiger partial charge in [0.05, 0.1) is 18.3 Å². The first kappa shape index (κ1) is 15.6. The highest BCUT2D eigenvalue weighted by Crippen LogP contribution is 2.28. The number of hydrogen-bond donors (Lipinski definition) is 4. The molecule has 116 valence electrons. The molecule has 1 aliphatic carbocycles. The van der Waals surface area contributed by atoms with Crippen molar-refractivity contribution in [3.05, 3.63) is 29.3 Å². The number of oxime groups is 1. The fourth-order valence-electron chi connectivity index (χ4n) is 2.76. The highest BCUT2D eigenvalue weighted by Gasteiger charge is 2.30. The molecule has 0 atom stereocenters. The SMILES string of the molecule is COc1cc(CNCC2(O)CCCC2)ccc1/C(N)=N/O. The summed E-state index contributed by atoms with van der Waals surface area (Å²) in [5, 5.41) is 25.3. The number of methoxy groups -OCH3 is 1. The van der Waals surface area contributed by atoms with E-state index in [1.54, 1.807) is 13.2 Å². The smallest absolute Gasteiger partial charge is 0.173 e. The van der Waals surface area contributed by atoms with Crippen molar-refractivity contribution in [2.45, 2.75) is 37.8 Å². The van der Waals surface area contributed by atoms with Gasteiger partial charge >= 0.3 is 0 Å². The van der Waals surface area contributed by atoms with E-state index >= 15 is 0 Å². The van der Waals surface area contributed by atoms with Gasteiger partial charge in [-0.1, -0.05) is 24.1 Å². The van der Waals surface area contributed by atoms with E-state index in [1.807, 2.05) is 12.1 Å². The minimum Gasteiger partial charge on any atom is -0.496 e. The molecular weight excluding hydrogens is 270 g/mol. The van der Waals surface area contributed by atoms with Gasteiger partial charge in [-0.15, -0.1) is 0 Å². The Kier molecular flexibility index (Phi) is 5.03. The number of benzene rings is 1. The zero-order chi connectivity index (χ0) is 15.3. The first-order chi connectivity index (χ1) is 10.1. The fourth-order valence-corrected chi connectivity index (χ4v) is 2.76. The molecule has 0 aliphatic heterocycles. The highest BCUT2D eigenvalue weighted by molar-refractivity contribution is 5.99. The van der Waals surface area contributed by atoms with Gasteiger partial charge in [-0.05, 0) is 30.5 Å². The Bertz CT molecular complexity index is 511. The van der Waals surface area contributed by atoms with Crippen LogP contribution in [0.1, 0.15) is 36.8 Å². The summed E-state index contributed by atoms with van der Waals surface area (Å²) in [5.41, 5.74) is 6.61. The number of nitrogens with zero attached hydrogens (tertiary/aromatic N) is 1. The maximum absolute atomic E-state index is 10.3. The Hall–Kier alpha value is -1.79. The Morgan fingerprint density at radius 2 is 2.14 bits per heavy atom. The van der Waals surface area contributed by atoms with E-state index in [0.29, 0.717) is 24.4 Å². The summed E-state index contributed by atoms with van der Waals surface area (Å²) in [6.07, 6.45) is 3.93. The van der Waals surface area contributed by atoms with Gasteiger partial charge in [0.1, 0.15) is 5.75 Å². The van der Waals surface area contributed by atoms with Gasteiger partial charge in [-0.2, -0.15) is 0 Å². The van der Waals surface area contributed by atoms with Crippen LogP contribution in [-0.4, -0.2) is 35.4 Å². The van der Waals surface area contributed by atoms with Crippen molar-refractivity contribution in [2.24, 2.45) is 10.9 Å². The summed E-state index contributed by atoms with van der Waals surface area (Å²) in [6.45, 7) is 1.23. The number of aliphatic hydroxyl groups is 1. The Labute approximate surface area is 124 Å². The van der Waals surface area contributed by atoms with Crippen molar-refractivity contribution in [1.29, 1.82) is 0 Å². The van der Waals surface area contributed by atoms with E-state index in [4.69, 9.17) is 15.7 Å². The topological polar surface area (TPSA) is 100 Å². The minimum atomic E-state index is -0.558. The van der Waals surface area contributed by atoms with Crippen LogP contribution in [0.5, 0.6) is 5.75 Å². The summed E-state index contributed by atoms with van der Waals surface area (Å²) in [7, 11) is 1.54. The van der Waals surface area contributed by atoms with Crippen LogP contribution in [-0.2, 0) is 6.54 Å². The number of nitrogens with two attached hydrogens (primary N) is 1. The number of ether oxygens (including phenoxy) is 1. The lowest BCUT2D eigenvalue weighted by atomic mass is 10.0. The van der Waals surface area contributed by atoms with Crippen molar-refractivity contribution >= 4 is 5.84 Å². The molecule has 0 radical (unpaired) electrons. The summed E-state index contributed by atoms with van der Waals surface area (Å²) < 4.78 is 5.26. The van der Waals surface area contributed by atoms with Crippen molar-refractivity contribution in [3.8, 4) is 5.75 Å². The Balaban J connectivity index is 1.97. The second-order valence-corrected chi connectivity index (χ2v) is 5.55. The maximum atomic E-state index is 10.3. The molecule has 0 aromatic heterocycles. The number of hydrogen-bond acceptors (Lipinski definition) is 5. The summed E-state index contributed by atoms with van der Waals surface area (Å²) >= 11 is 0. The first-order valence-corrected chi connectivity index (χ1v) is 7.16. The molecular formula is C15H23N3O3. The molecule has 1 aliphatic rings. The van der Waals surface area contributed by atoms with Crippen molar-refractivity contribution in [3.63, 3.8) is 0 Å². The molecule has 6 heteroatoms. The van der Waals surface area contributed by atoms with Crippen molar-refractivity contribution < 1.29 is 15.1 Å². The average Bonchev–Trinajstić information content (AvgIpc) is 2.93. The summed E-state index contributed by atoms with van der Waals surface area (Å²) in [5.74, 6) is 0.579. The molecule has 0 bridgehead atoms. The lowest BCUT2D eigenvalue weighted by Crippen LogP contribution is -2.37. The van der Waals surface area contributed by atoms with E-state index in [2.05, 4.69) is 10.5 Å². The molecule has 6 nitrogen and oxygen atoms in total. The van der Waals surface area contributed by atoms with Gasteiger partial charge in [0.15, 0.2) is 5.84 Å². The number of rotatable bonds is 6. The molecule has 0 unspecified atom stereocenters. The van der Waals surface area contributed by atoms with Crippen LogP contribution in [0.4, 0.5) is 0 Å². The lowest BCUT2D eigenvalue weighted by Gasteiger charge is -2.22. The van der Waals surface area contributed by atoms with Crippen LogP contribution in [0.15, 0.2) is 23.4 Å². The summed E-state index contributed by atoms with van der Waals surface area (Å²) in [4.78, 5) is 0. The zero-order valence-corrected chi connectivity index (χ0v) is 12.3. The second-order valence-electron chi connectivity index (χ2n) is 5.55. The Morgan fingerprint density at radius 1 is 1.43 bits per heavy atom. The van der Waals surface area contributed by atoms with E-state index in [-0.39, 0.29) is 5.84 Å². The summed E-state index contributed by atoms with van der Waals surface area (Å²) in [6, 6.07) is 5.50. The predicted octanol–water partition coefficient (Wildman–Crippen LogP) is 1.18. The largest absolute Gasteiger partial charge is 0.496 e. The molecule has 2 rings (SSSR count). The molecule has 0 amide bonds. The molecule has 0 spiro atoms. The normalized spacial score (nSPS) is 17.9. The lowest BCUT2D eigenvalue weighted by molar-refractivity contribution is 0.0475. The van der Waals surface area contributed by atoms with Gasteiger partial charge in [-0.3, -0.25) is 0 Å². The van der Waals surface area contributed by atoms with E-state index in [9.17, 15) is 5.11 Å². The number of nitrogens with one attached hydrogen (secondary N) is 1. The van der Waals surface area contributed by atoms with Crippen LogP contribution < -0.4 is 15.8 Å². The highest BCUT2D eigenvalue weighted by atomic mass is 16.5. The minimum absolute atomic E-state index is 0.0200. The van der Waals surface area contributed by atoms with Gasteiger partial charge in [0, 0.05) is 13.1 Å². The average molecular weight is 293 g/mol. The molecule has 21 heavy (non-hydrogen) atoms. The molecule has 0 heterocycles. The van der Waals surface area contributed by atoms with Crippen LogP contribution in [0, 0.1) is 0 Å². The van der Waals surface area contributed by atoms with Crippen LogP contribution in [0.25, 0.3) is 0 Å². The molecule has 5 N–H and O–H groups in total. The van der Waals surface area contributed by atoms with Crippen LogP contribution in [0.2, 0.25) is 0 Å². The first-order valence-electron chi connectivity index (χ1n) is 7.16. The van der Waals surface area contributed by atoms with Crippen LogP contribution in [0.3, 0.4) is 0 Å². The third-order valence-corrected chi connectivity index (χ3v) is 3.97. The second kappa shape index (κ2) is 6.78. The van der Waals surface area contributed by atoms with Gasteiger partial charge in [-0.25, -0.2) is 0 Å². The van der Waals surface area contributed by atoms with Crippen molar-refractivity contribution in [2.75, 3.05) is 13.7 Å². The fraction of sp³-hybridized carbons (Fsp3) is 0.533. The van der Waals surface area contributed by atoms with E-state index in [1.165, 1.54) is 0 Å². The molecule has 1 fully saturated rings. The monoisotopic (exact) mass is 293 g/mol. The zero-order valence-electron chi connectivity index (χ0n) is 12.3.